The third-order valence-corrected chi connectivity index (χ3v) is 5.88. The smallest absolute Gasteiger partial charge is 0.278 e. The van der Waals surface area contributed by atoms with Crippen LogP contribution in [0.1, 0.15) is 0 Å². The maximum Gasteiger partial charge on any atom is 0.278 e. The Morgan fingerprint density at radius 2 is 2.00 bits per heavy atom. The lowest BCUT2D eigenvalue weighted by molar-refractivity contribution is -0.113. The summed E-state index contributed by atoms with van der Waals surface area (Å²) in [6.45, 7) is 0.998. The van der Waals surface area contributed by atoms with Gasteiger partial charge in [0.2, 0.25) is 5.91 Å². The van der Waals surface area contributed by atoms with Gasteiger partial charge in [-0.1, -0.05) is 30.0 Å². The van der Waals surface area contributed by atoms with Crippen molar-refractivity contribution in [1.29, 1.82) is 0 Å². The van der Waals surface area contributed by atoms with E-state index in [9.17, 15) is 9.59 Å². The number of rotatable bonds is 4. The molecule has 9 heteroatoms. The number of hydrogen-bond acceptors (Lipinski definition) is 6. The third-order valence-electron chi connectivity index (χ3n) is 4.85. The van der Waals surface area contributed by atoms with Crippen molar-refractivity contribution in [2.75, 3.05) is 24.3 Å². The summed E-state index contributed by atoms with van der Waals surface area (Å²) in [6, 6.07) is 12.9. The Hall–Kier alpha value is -3.46. The first-order chi connectivity index (χ1) is 14.6. The predicted molar refractivity (Wildman–Crippen MR) is 116 cm³/mol. The van der Waals surface area contributed by atoms with Gasteiger partial charge in [0.1, 0.15) is 24.2 Å². The number of nitrogens with zero attached hydrogens (tertiary/aromatic N) is 2. The lowest BCUT2D eigenvalue weighted by Gasteiger charge is -2.19. The molecule has 0 spiro atoms. The van der Waals surface area contributed by atoms with Crippen molar-refractivity contribution in [3.8, 4) is 11.5 Å². The molecule has 0 saturated heterocycles. The van der Waals surface area contributed by atoms with Crippen LogP contribution in [0.4, 0.5) is 5.69 Å². The summed E-state index contributed by atoms with van der Waals surface area (Å²) >= 11 is 1.21. The van der Waals surface area contributed by atoms with Gasteiger partial charge in [0.25, 0.3) is 5.56 Å². The fourth-order valence-electron chi connectivity index (χ4n) is 3.40. The zero-order valence-corrected chi connectivity index (χ0v) is 16.9. The van der Waals surface area contributed by atoms with E-state index in [4.69, 9.17) is 9.47 Å². The first-order valence-corrected chi connectivity index (χ1v) is 10.4. The number of anilines is 1. The highest BCUT2D eigenvalue weighted by atomic mass is 32.2. The molecule has 0 atom stereocenters. The Morgan fingerprint density at radius 3 is 2.87 bits per heavy atom. The average molecular weight is 422 g/mol. The minimum absolute atomic E-state index is 0.114. The second-order valence-corrected chi connectivity index (χ2v) is 7.79. The molecule has 4 aromatic rings. The van der Waals surface area contributed by atoms with Crippen LogP contribution in [0.5, 0.6) is 11.5 Å². The van der Waals surface area contributed by atoms with Crippen LogP contribution >= 0.6 is 11.8 Å². The molecule has 0 aliphatic carbocycles. The van der Waals surface area contributed by atoms with Gasteiger partial charge in [-0.15, -0.1) is 0 Å². The Kier molecular flexibility index (Phi) is 4.59. The Balaban J connectivity index is 1.35. The number of amides is 1. The molecular formula is C21H18N4O4S. The fraction of sp³-hybridized carbons (Fsp3) is 0.190. The molecule has 1 aliphatic rings. The van der Waals surface area contributed by atoms with Gasteiger partial charge < -0.3 is 19.8 Å². The number of nitrogens with one attached hydrogen (secondary N) is 2. The van der Waals surface area contributed by atoms with Crippen LogP contribution in [-0.4, -0.2) is 39.4 Å². The molecule has 152 valence electrons. The SMILES string of the molecule is Cn1c(SCC(=O)Nc2ccc3c(c2)OCCO3)nc2c([nH]c3ccccc32)c1=O. The topological polar surface area (TPSA) is 98.2 Å². The van der Waals surface area contributed by atoms with E-state index < -0.39 is 0 Å². The molecule has 5 rings (SSSR count). The summed E-state index contributed by atoms with van der Waals surface area (Å²) in [5.41, 5.74) is 2.38. The molecule has 3 heterocycles. The van der Waals surface area contributed by atoms with E-state index in [0.29, 0.717) is 46.6 Å². The molecule has 1 amide bonds. The number of aromatic amines is 1. The number of thioether (sulfide) groups is 1. The lowest BCUT2D eigenvalue weighted by Crippen LogP contribution is -2.21. The second-order valence-electron chi connectivity index (χ2n) is 6.85. The normalized spacial score (nSPS) is 13.0. The average Bonchev–Trinajstić information content (AvgIpc) is 3.14. The standard InChI is InChI=1S/C21H18N4O4S/c1-25-20(27)19-18(13-4-2-3-5-14(13)23-19)24-21(25)30-11-17(26)22-12-6-7-15-16(10-12)29-9-8-28-15/h2-7,10,23H,8-9,11H2,1H3,(H,22,26). The van der Waals surface area contributed by atoms with Crippen LogP contribution in [0.25, 0.3) is 21.9 Å². The number of aromatic nitrogens is 3. The summed E-state index contributed by atoms with van der Waals surface area (Å²) in [4.78, 5) is 33.0. The molecule has 30 heavy (non-hydrogen) atoms. The molecular weight excluding hydrogens is 404 g/mol. The van der Waals surface area contributed by atoms with E-state index in [1.54, 1.807) is 25.2 Å². The minimum atomic E-state index is -0.204. The Labute approximate surface area is 175 Å². The molecule has 8 nitrogen and oxygen atoms in total. The van der Waals surface area contributed by atoms with Crippen molar-refractivity contribution in [2.45, 2.75) is 5.16 Å². The van der Waals surface area contributed by atoms with Crippen molar-refractivity contribution < 1.29 is 14.3 Å². The minimum Gasteiger partial charge on any atom is -0.486 e. The van der Waals surface area contributed by atoms with Gasteiger partial charge in [-0.25, -0.2) is 4.98 Å². The molecule has 1 aliphatic heterocycles. The first kappa shape index (κ1) is 18.6. The number of fused-ring (bicyclic) bond motifs is 4. The molecule has 2 aromatic carbocycles. The Bertz CT molecular complexity index is 1340. The lowest BCUT2D eigenvalue weighted by atomic mass is 10.2. The molecule has 0 radical (unpaired) electrons. The number of benzene rings is 2. The van der Waals surface area contributed by atoms with E-state index in [1.807, 2.05) is 24.3 Å². The maximum absolute atomic E-state index is 12.7. The summed E-state index contributed by atoms with van der Waals surface area (Å²) in [5, 5.41) is 4.20. The molecule has 0 saturated carbocycles. The molecule has 0 bridgehead atoms. The molecule has 2 N–H and O–H groups in total. The van der Waals surface area contributed by atoms with Gasteiger partial charge >= 0.3 is 0 Å². The van der Waals surface area contributed by atoms with Crippen LogP contribution in [0.3, 0.4) is 0 Å². The second kappa shape index (κ2) is 7.42. The van der Waals surface area contributed by atoms with E-state index in [1.165, 1.54) is 16.3 Å². The first-order valence-electron chi connectivity index (χ1n) is 9.40. The zero-order valence-electron chi connectivity index (χ0n) is 16.1. The van der Waals surface area contributed by atoms with Gasteiger partial charge in [0.15, 0.2) is 16.7 Å². The van der Waals surface area contributed by atoms with E-state index in [0.717, 1.165) is 10.9 Å². The predicted octanol–water partition coefficient (Wildman–Crippen LogP) is 2.92. The largest absolute Gasteiger partial charge is 0.486 e. The highest BCUT2D eigenvalue weighted by Gasteiger charge is 2.16. The highest BCUT2D eigenvalue weighted by Crippen LogP contribution is 2.32. The number of ether oxygens (including phenoxy) is 2. The van der Waals surface area contributed by atoms with Gasteiger partial charge in [-0.2, -0.15) is 0 Å². The van der Waals surface area contributed by atoms with Crippen LogP contribution in [0, 0.1) is 0 Å². The van der Waals surface area contributed by atoms with Crippen LogP contribution in [0.15, 0.2) is 52.4 Å². The summed E-state index contributed by atoms with van der Waals surface area (Å²) in [7, 11) is 1.65. The van der Waals surface area contributed by atoms with Crippen molar-refractivity contribution in [1.82, 2.24) is 14.5 Å². The quantitative estimate of drug-likeness (QED) is 0.388. The van der Waals surface area contributed by atoms with Crippen molar-refractivity contribution in [2.24, 2.45) is 7.05 Å². The van der Waals surface area contributed by atoms with Crippen LogP contribution in [0.2, 0.25) is 0 Å². The molecule has 2 aromatic heterocycles. The highest BCUT2D eigenvalue weighted by molar-refractivity contribution is 7.99. The summed E-state index contributed by atoms with van der Waals surface area (Å²) < 4.78 is 12.5. The maximum atomic E-state index is 12.7. The van der Waals surface area contributed by atoms with Crippen LogP contribution < -0.4 is 20.3 Å². The van der Waals surface area contributed by atoms with Gasteiger partial charge in [0.05, 0.1) is 5.75 Å². The van der Waals surface area contributed by atoms with Crippen molar-refractivity contribution in [3.05, 3.63) is 52.8 Å². The van der Waals surface area contributed by atoms with E-state index in [2.05, 4.69) is 15.3 Å². The van der Waals surface area contributed by atoms with E-state index in [-0.39, 0.29) is 17.2 Å². The molecule has 0 unspecified atom stereocenters. The monoisotopic (exact) mass is 422 g/mol. The third kappa shape index (κ3) is 3.26. The number of carbonyl (C=O) groups excluding carboxylic acids is 1. The van der Waals surface area contributed by atoms with Gasteiger partial charge in [-0.05, 0) is 18.2 Å². The van der Waals surface area contributed by atoms with Crippen molar-refractivity contribution >= 4 is 45.3 Å². The van der Waals surface area contributed by atoms with E-state index >= 15 is 0 Å². The number of H-pyrrole nitrogens is 1. The van der Waals surface area contributed by atoms with Gasteiger partial charge in [-0.3, -0.25) is 14.2 Å². The number of para-hydroxylation sites is 1. The number of hydrogen-bond donors (Lipinski definition) is 2. The van der Waals surface area contributed by atoms with Crippen LogP contribution in [-0.2, 0) is 11.8 Å². The van der Waals surface area contributed by atoms with Gasteiger partial charge in [0, 0.05) is 29.7 Å². The molecule has 0 fully saturated rings. The zero-order chi connectivity index (χ0) is 20.7. The Morgan fingerprint density at radius 1 is 1.20 bits per heavy atom. The number of carbonyl (C=O) groups is 1. The fourth-order valence-corrected chi connectivity index (χ4v) is 4.17. The van der Waals surface area contributed by atoms with Crippen molar-refractivity contribution in [3.63, 3.8) is 0 Å². The summed E-state index contributed by atoms with van der Waals surface area (Å²) in [5.74, 6) is 1.19. The summed E-state index contributed by atoms with van der Waals surface area (Å²) in [6.07, 6.45) is 0.